The van der Waals surface area contributed by atoms with E-state index in [0.717, 1.165) is 50.9 Å². The number of hydrogen-bond acceptors (Lipinski definition) is 3. The number of benzene rings is 4. The first-order valence-electron chi connectivity index (χ1n) is 14.2. The molecule has 0 N–H and O–H groups in total. The zero-order valence-corrected chi connectivity index (χ0v) is 26.7. The molecule has 214 valence electrons. The van der Waals surface area contributed by atoms with E-state index in [1.165, 1.54) is 22.3 Å². The molecule has 3 aromatic heterocycles. The van der Waals surface area contributed by atoms with Gasteiger partial charge in [0.15, 0.2) is 0 Å². The summed E-state index contributed by atoms with van der Waals surface area (Å²) < 4.78 is 10.3. The smallest absolute Gasteiger partial charge is 0.509 e. The molecule has 7 rings (SSSR count). The first-order valence-corrected chi connectivity index (χ1v) is 14.2. The van der Waals surface area contributed by atoms with Crippen molar-refractivity contribution >= 4 is 21.8 Å². The number of hydrogen-bond donors (Lipinski definition) is 0. The van der Waals surface area contributed by atoms with E-state index >= 15 is 0 Å². The normalized spacial score (nSPS) is 11.2. The van der Waals surface area contributed by atoms with Crippen LogP contribution in [0.1, 0.15) is 29.2 Å². The second kappa shape index (κ2) is 11.7. The summed E-state index contributed by atoms with van der Waals surface area (Å²) in [5.74, 6) is 2.06. The van der Waals surface area contributed by atoms with Crippen molar-refractivity contribution in [2.24, 2.45) is 0 Å². The molecule has 0 aliphatic heterocycles. The quantitative estimate of drug-likeness (QED) is 0.160. The summed E-state index contributed by atoms with van der Waals surface area (Å²) in [7, 11) is 0. The minimum atomic E-state index is 0. The van der Waals surface area contributed by atoms with Gasteiger partial charge in [-0.2, -0.15) is 17.2 Å². The maximum Gasteiger partial charge on any atom is 2.00 e. The van der Waals surface area contributed by atoms with Crippen LogP contribution >= 0.6 is 0 Å². The Bertz CT molecular complexity index is 2110. The predicted molar refractivity (Wildman–Crippen MR) is 169 cm³/mol. The number of para-hydroxylation sites is 1. The van der Waals surface area contributed by atoms with Crippen LogP contribution in [-0.4, -0.2) is 19.3 Å². The van der Waals surface area contributed by atoms with Crippen molar-refractivity contribution in [2.75, 3.05) is 0 Å². The van der Waals surface area contributed by atoms with Crippen molar-refractivity contribution in [1.82, 2.24) is 19.3 Å². The van der Waals surface area contributed by atoms with Crippen LogP contribution in [0.2, 0.25) is 0 Å². The van der Waals surface area contributed by atoms with E-state index in [0.29, 0.717) is 11.5 Å². The van der Waals surface area contributed by atoms with Crippen LogP contribution in [0.4, 0.5) is 0 Å². The topological polar surface area (TPSA) is 44.9 Å². The summed E-state index contributed by atoms with van der Waals surface area (Å²) in [6.07, 6.45) is 6.84. The average molecular weight is 742 g/mol. The third-order valence-corrected chi connectivity index (χ3v) is 7.94. The van der Waals surface area contributed by atoms with E-state index in [9.17, 15) is 0 Å². The number of fused-ring (bicyclic) bond motifs is 3. The van der Waals surface area contributed by atoms with Gasteiger partial charge in [-0.15, -0.1) is 35.7 Å². The fraction of sp³-hybridized carbons (Fsp3) is 0.135. The molecule has 0 saturated heterocycles. The van der Waals surface area contributed by atoms with Gasteiger partial charge < -0.3 is 9.30 Å². The molecule has 0 amide bonds. The predicted octanol–water partition coefficient (Wildman–Crippen LogP) is 8.91. The molecule has 3 heterocycles. The van der Waals surface area contributed by atoms with E-state index in [-0.39, 0.29) is 21.1 Å². The van der Waals surface area contributed by atoms with Crippen LogP contribution in [-0.2, 0) is 27.5 Å². The Balaban J connectivity index is 0.00000329. The maximum atomic E-state index is 6.33. The van der Waals surface area contributed by atoms with Crippen LogP contribution in [0.15, 0.2) is 97.5 Å². The Labute approximate surface area is 266 Å². The molecule has 0 spiro atoms. The Morgan fingerprint density at radius 2 is 1.67 bits per heavy atom. The summed E-state index contributed by atoms with van der Waals surface area (Å²) in [4.78, 5) is 4.67. The molecule has 0 fully saturated rings. The van der Waals surface area contributed by atoms with Gasteiger partial charge >= 0.3 is 21.1 Å². The van der Waals surface area contributed by atoms with Gasteiger partial charge in [0.05, 0.1) is 6.20 Å². The Morgan fingerprint density at radius 1 is 0.837 bits per heavy atom. The van der Waals surface area contributed by atoms with Crippen molar-refractivity contribution in [1.29, 1.82) is 0 Å². The maximum absolute atomic E-state index is 6.33. The number of rotatable bonds is 6. The molecule has 0 bridgehead atoms. The molecule has 6 heteroatoms. The van der Waals surface area contributed by atoms with Crippen molar-refractivity contribution in [3.63, 3.8) is 0 Å². The van der Waals surface area contributed by atoms with E-state index in [1.807, 2.05) is 47.4 Å². The zero-order chi connectivity index (χ0) is 28.8. The Morgan fingerprint density at radius 3 is 2.51 bits per heavy atom. The SMILES string of the molecule is CCc1ccc(C)c(-c2cnn(-c3[c-]c(Oc4[c-]c5c(cc4)c4ccccc4n5-c4cc(C)ccn4)ccc3)c2)c1C.[Pt+2]. The molecule has 7 aromatic rings. The Kier molecular flexibility index (Phi) is 7.77. The van der Waals surface area contributed by atoms with Crippen LogP contribution < -0.4 is 4.74 Å². The Hall–Kier alpha value is -4.47. The van der Waals surface area contributed by atoms with Gasteiger partial charge in [0.25, 0.3) is 0 Å². The van der Waals surface area contributed by atoms with Gasteiger partial charge in [-0.3, -0.25) is 4.68 Å². The van der Waals surface area contributed by atoms with Gasteiger partial charge in [0.2, 0.25) is 0 Å². The fourth-order valence-electron chi connectivity index (χ4n) is 5.86. The monoisotopic (exact) mass is 741 g/mol. The molecule has 0 aliphatic rings. The van der Waals surface area contributed by atoms with Crippen LogP contribution in [0.25, 0.3) is 44.4 Å². The summed E-state index contributed by atoms with van der Waals surface area (Å²) in [5.41, 5.74) is 10.2. The molecule has 0 atom stereocenters. The van der Waals surface area contributed by atoms with Crippen molar-refractivity contribution < 1.29 is 25.8 Å². The molecule has 43 heavy (non-hydrogen) atoms. The molecular formula is C37H30N4OPt. The summed E-state index contributed by atoms with van der Waals surface area (Å²) in [6, 6.07) is 33.7. The van der Waals surface area contributed by atoms with E-state index in [4.69, 9.17) is 4.74 Å². The third kappa shape index (κ3) is 5.19. The second-order valence-electron chi connectivity index (χ2n) is 10.7. The number of ether oxygens (including phenoxy) is 1. The number of aromatic nitrogens is 4. The molecular weight excluding hydrogens is 712 g/mol. The van der Waals surface area contributed by atoms with Crippen LogP contribution in [0, 0.1) is 32.9 Å². The van der Waals surface area contributed by atoms with Gasteiger partial charge in [-0.25, -0.2) is 4.98 Å². The molecule has 0 aliphatic carbocycles. The van der Waals surface area contributed by atoms with E-state index in [2.05, 4.69) is 109 Å². The number of nitrogens with zero attached hydrogens (tertiary/aromatic N) is 4. The van der Waals surface area contributed by atoms with Crippen LogP contribution in [0.5, 0.6) is 11.5 Å². The molecule has 4 aromatic carbocycles. The van der Waals surface area contributed by atoms with Gasteiger partial charge in [-0.1, -0.05) is 42.8 Å². The zero-order valence-electron chi connectivity index (χ0n) is 24.5. The number of aryl methyl sites for hydroxylation is 3. The standard InChI is InChI=1S/C37H30N4O.Pt/c1-5-27-14-13-25(3)37(26(27)4)28-22-39-40(23-28)29-9-8-10-30(20-29)42-31-15-16-33-32-11-6-7-12-34(32)41(35(33)21-31)36-19-24(2)17-18-38-36;/h6-19,22-23H,5H2,1-4H3;/q-2;+2. The first-order chi connectivity index (χ1) is 20.5. The average Bonchev–Trinajstić information content (AvgIpc) is 3.61. The van der Waals surface area contributed by atoms with Crippen molar-refractivity contribution in [2.45, 2.75) is 34.1 Å². The molecule has 0 unspecified atom stereocenters. The van der Waals surface area contributed by atoms with Crippen LogP contribution in [0.3, 0.4) is 0 Å². The minimum Gasteiger partial charge on any atom is -0.509 e. The number of pyridine rings is 1. The fourth-order valence-corrected chi connectivity index (χ4v) is 5.86. The van der Waals surface area contributed by atoms with Crippen molar-refractivity contribution in [3.8, 4) is 34.1 Å². The second-order valence-corrected chi connectivity index (χ2v) is 10.7. The summed E-state index contributed by atoms with van der Waals surface area (Å²) >= 11 is 0. The van der Waals surface area contributed by atoms with E-state index < -0.39 is 0 Å². The summed E-state index contributed by atoms with van der Waals surface area (Å²) in [5, 5.41) is 6.93. The van der Waals surface area contributed by atoms with Gasteiger partial charge in [0, 0.05) is 35.0 Å². The third-order valence-electron chi connectivity index (χ3n) is 7.94. The molecule has 0 radical (unpaired) electrons. The largest absolute Gasteiger partial charge is 2.00 e. The first kappa shape index (κ1) is 28.6. The van der Waals surface area contributed by atoms with Gasteiger partial charge in [-0.05, 0) is 84.3 Å². The molecule has 5 nitrogen and oxygen atoms in total. The molecule has 0 saturated carbocycles. The minimum absolute atomic E-state index is 0. The van der Waals surface area contributed by atoms with Crippen molar-refractivity contribution in [3.05, 3.63) is 132 Å². The van der Waals surface area contributed by atoms with Gasteiger partial charge in [0.1, 0.15) is 5.82 Å². The summed E-state index contributed by atoms with van der Waals surface area (Å²) in [6.45, 7) is 8.62. The van der Waals surface area contributed by atoms with E-state index in [1.54, 1.807) is 0 Å².